The largest absolute Gasteiger partial charge is 0.464 e. The lowest BCUT2D eigenvalue weighted by atomic mass is 10.2. The Morgan fingerprint density at radius 3 is 2.33 bits per heavy atom. The second kappa shape index (κ2) is 8.46. The van der Waals surface area contributed by atoms with Crippen molar-refractivity contribution in [3.05, 3.63) is 0 Å². The van der Waals surface area contributed by atoms with Gasteiger partial charge < -0.3 is 9.47 Å². The average Bonchev–Trinajstić information content (AvgIpc) is 2.38. The SMILES string of the molecule is CCCCCCOc1nc(NN)nc(OCC)n1. The molecule has 1 aromatic rings. The van der Waals surface area contributed by atoms with Gasteiger partial charge in [-0.3, -0.25) is 5.43 Å². The van der Waals surface area contributed by atoms with Gasteiger partial charge in [-0.2, -0.15) is 9.97 Å². The fourth-order valence-electron chi connectivity index (χ4n) is 1.35. The van der Waals surface area contributed by atoms with Gasteiger partial charge in [-0.25, -0.2) is 5.84 Å². The second-order valence-corrected chi connectivity index (χ2v) is 3.71. The summed E-state index contributed by atoms with van der Waals surface area (Å²) < 4.78 is 10.6. The van der Waals surface area contributed by atoms with Crippen LogP contribution in [-0.2, 0) is 0 Å². The third kappa shape index (κ3) is 5.13. The molecule has 7 nitrogen and oxygen atoms in total. The minimum atomic E-state index is 0.212. The molecule has 7 heteroatoms. The van der Waals surface area contributed by atoms with Gasteiger partial charge in [-0.1, -0.05) is 26.2 Å². The van der Waals surface area contributed by atoms with Gasteiger partial charge in [-0.05, 0) is 13.3 Å². The first-order chi connectivity index (χ1) is 8.80. The Morgan fingerprint density at radius 2 is 1.72 bits per heavy atom. The van der Waals surface area contributed by atoms with Gasteiger partial charge in [-0.15, -0.1) is 4.98 Å². The van der Waals surface area contributed by atoms with Crippen molar-refractivity contribution < 1.29 is 9.47 Å². The van der Waals surface area contributed by atoms with Crippen LogP contribution in [0, 0.1) is 0 Å². The molecule has 1 rings (SSSR count). The molecule has 0 aliphatic carbocycles. The van der Waals surface area contributed by atoms with E-state index in [9.17, 15) is 0 Å². The van der Waals surface area contributed by atoms with Crippen LogP contribution >= 0.6 is 0 Å². The van der Waals surface area contributed by atoms with Crippen molar-refractivity contribution in [1.29, 1.82) is 0 Å². The number of unbranched alkanes of at least 4 members (excludes halogenated alkanes) is 3. The number of nitrogen functional groups attached to an aromatic ring is 1. The number of nitrogens with one attached hydrogen (secondary N) is 1. The van der Waals surface area contributed by atoms with E-state index in [-0.39, 0.29) is 18.0 Å². The van der Waals surface area contributed by atoms with Crippen molar-refractivity contribution in [2.45, 2.75) is 39.5 Å². The first-order valence-electron chi connectivity index (χ1n) is 6.28. The molecule has 3 N–H and O–H groups in total. The number of rotatable bonds is 9. The molecule has 0 aliphatic heterocycles. The molecule has 102 valence electrons. The average molecular weight is 255 g/mol. The van der Waals surface area contributed by atoms with E-state index in [0.29, 0.717) is 13.2 Å². The van der Waals surface area contributed by atoms with Crippen molar-refractivity contribution in [3.63, 3.8) is 0 Å². The zero-order valence-electron chi connectivity index (χ0n) is 11.0. The molecule has 0 atom stereocenters. The highest BCUT2D eigenvalue weighted by molar-refractivity contribution is 5.25. The van der Waals surface area contributed by atoms with Crippen LogP contribution in [0.3, 0.4) is 0 Å². The van der Waals surface area contributed by atoms with Crippen molar-refractivity contribution in [2.24, 2.45) is 5.84 Å². The normalized spacial score (nSPS) is 10.2. The number of hydrogen-bond acceptors (Lipinski definition) is 7. The Morgan fingerprint density at radius 1 is 1.00 bits per heavy atom. The fourth-order valence-corrected chi connectivity index (χ4v) is 1.35. The lowest BCUT2D eigenvalue weighted by Gasteiger charge is -2.07. The molecule has 0 unspecified atom stereocenters. The van der Waals surface area contributed by atoms with Gasteiger partial charge >= 0.3 is 12.0 Å². The standard InChI is InChI=1S/C11H21N5O2/c1-3-5-6-7-8-18-11-14-9(16-12)13-10(15-11)17-4-2/h3-8,12H2,1-2H3,(H,13,14,15,16). The predicted octanol–water partition coefficient (Wildman–Crippen LogP) is 1.51. The van der Waals surface area contributed by atoms with Gasteiger partial charge in [0.25, 0.3) is 0 Å². The predicted molar refractivity (Wildman–Crippen MR) is 68.4 cm³/mol. The van der Waals surface area contributed by atoms with Crippen LogP contribution in [0.5, 0.6) is 12.0 Å². The van der Waals surface area contributed by atoms with Crippen molar-refractivity contribution in [3.8, 4) is 12.0 Å². The quantitative estimate of drug-likeness (QED) is 0.392. The molecular formula is C11H21N5O2. The Labute approximate surface area is 107 Å². The molecule has 0 saturated heterocycles. The summed E-state index contributed by atoms with van der Waals surface area (Å²) in [6, 6.07) is 0.446. The highest BCUT2D eigenvalue weighted by Gasteiger charge is 2.07. The molecule has 1 aromatic heterocycles. The van der Waals surface area contributed by atoms with Crippen LogP contribution in [0.25, 0.3) is 0 Å². The number of anilines is 1. The molecule has 0 aliphatic rings. The minimum absolute atomic E-state index is 0.212. The summed E-state index contributed by atoms with van der Waals surface area (Å²) in [5.41, 5.74) is 2.35. The maximum atomic E-state index is 5.44. The maximum Gasteiger partial charge on any atom is 0.324 e. The van der Waals surface area contributed by atoms with E-state index in [1.54, 1.807) is 0 Å². The summed E-state index contributed by atoms with van der Waals surface area (Å²) in [5, 5.41) is 0. The Balaban J connectivity index is 2.50. The lowest BCUT2D eigenvalue weighted by Crippen LogP contribution is -2.13. The molecule has 1 heterocycles. The summed E-state index contributed by atoms with van der Waals surface area (Å²) in [5.74, 6) is 5.50. The van der Waals surface area contributed by atoms with E-state index in [0.717, 1.165) is 12.8 Å². The lowest BCUT2D eigenvalue weighted by molar-refractivity contribution is 0.263. The van der Waals surface area contributed by atoms with Gasteiger partial charge in [0.1, 0.15) is 0 Å². The second-order valence-electron chi connectivity index (χ2n) is 3.71. The van der Waals surface area contributed by atoms with E-state index in [2.05, 4.69) is 27.3 Å². The zero-order chi connectivity index (χ0) is 13.2. The number of hydrogen-bond donors (Lipinski definition) is 2. The number of hydrazine groups is 1. The molecule has 0 saturated carbocycles. The topological polar surface area (TPSA) is 95.2 Å². The first kappa shape index (κ1) is 14.4. The number of ether oxygens (including phenoxy) is 2. The molecule has 0 aromatic carbocycles. The summed E-state index contributed by atoms with van der Waals surface area (Å²) in [4.78, 5) is 12.0. The monoisotopic (exact) mass is 255 g/mol. The fraction of sp³-hybridized carbons (Fsp3) is 0.727. The van der Waals surface area contributed by atoms with Gasteiger partial charge in [0.15, 0.2) is 0 Å². The van der Waals surface area contributed by atoms with Crippen LogP contribution in [0.2, 0.25) is 0 Å². The third-order valence-electron chi connectivity index (χ3n) is 2.23. The van der Waals surface area contributed by atoms with Crippen LogP contribution in [0.4, 0.5) is 5.95 Å². The molecule has 0 bridgehead atoms. The van der Waals surface area contributed by atoms with Crippen molar-refractivity contribution in [2.75, 3.05) is 18.6 Å². The van der Waals surface area contributed by atoms with Crippen LogP contribution < -0.4 is 20.7 Å². The van der Waals surface area contributed by atoms with E-state index in [4.69, 9.17) is 15.3 Å². The number of nitrogens with zero attached hydrogens (tertiary/aromatic N) is 3. The smallest absolute Gasteiger partial charge is 0.324 e. The number of aromatic nitrogens is 3. The summed E-state index contributed by atoms with van der Waals surface area (Å²) in [6.45, 7) is 5.08. The van der Waals surface area contributed by atoms with E-state index < -0.39 is 0 Å². The van der Waals surface area contributed by atoms with Crippen LogP contribution in [-0.4, -0.2) is 28.2 Å². The van der Waals surface area contributed by atoms with Crippen LogP contribution in [0.15, 0.2) is 0 Å². The Kier molecular flexibility index (Phi) is 6.78. The number of nitrogens with two attached hydrogens (primary N) is 1. The van der Waals surface area contributed by atoms with Gasteiger partial charge in [0.05, 0.1) is 13.2 Å². The molecule has 0 spiro atoms. The van der Waals surface area contributed by atoms with Gasteiger partial charge in [0, 0.05) is 0 Å². The van der Waals surface area contributed by atoms with Crippen molar-refractivity contribution in [1.82, 2.24) is 15.0 Å². The van der Waals surface area contributed by atoms with E-state index >= 15 is 0 Å². The van der Waals surface area contributed by atoms with Crippen LogP contribution in [0.1, 0.15) is 39.5 Å². The maximum absolute atomic E-state index is 5.44. The highest BCUT2D eigenvalue weighted by atomic mass is 16.5. The first-order valence-corrected chi connectivity index (χ1v) is 6.28. The summed E-state index contributed by atoms with van der Waals surface area (Å²) in [7, 11) is 0. The molecule has 0 fully saturated rings. The molecule has 0 radical (unpaired) electrons. The van der Waals surface area contributed by atoms with E-state index in [1.165, 1.54) is 12.8 Å². The van der Waals surface area contributed by atoms with Gasteiger partial charge in [0.2, 0.25) is 5.95 Å². The summed E-state index contributed by atoms with van der Waals surface area (Å²) >= 11 is 0. The Hall–Kier alpha value is -1.63. The minimum Gasteiger partial charge on any atom is -0.464 e. The van der Waals surface area contributed by atoms with Crippen molar-refractivity contribution >= 4 is 5.95 Å². The molecule has 18 heavy (non-hydrogen) atoms. The molecule has 0 amide bonds. The van der Waals surface area contributed by atoms with E-state index in [1.807, 2.05) is 6.92 Å². The zero-order valence-corrected chi connectivity index (χ0v) is 11.0. The Bertz CT molecular complexity index is 348. The molecular weight excluding hydrogens is 234 g/mol. The highest BCUT2D eigenvalue weighted by Crippen LogP contribution is 2.12. The third-order valence-corrected chi connectivity index (χ3v) is 2.23. The summed E-state index contributed by atoms with van der Waals surface area (Å²) in [6.07, 6.45) is 4.53.